The minimum Gasteiger partial charge on any atom is -0.497 e. The zero-order valence-electron chi connectivity index (χ0n) is 11.5. The fourth-order valence-electron chi connectivity index (χ4n) is 1.80. The summed E-state index contributed by atoms with van der Waals surface area (Å²) in [5.41, 5.74) is 1.20. The third-order valence-electron chi connectivity index (χ3n) is 2.90. The quantitative estimate of drug-likeness (QED) is 0.875. The lowest BCUT2D eigenvalue weighted by atomic mass is 10.1. The molecule has 0 amide bonds. The average molecular weight is 277 g/mol. The second-order valence-corrected chi connectivity index (χ2v) is 5.16. The summed E-state index contributed by atoms with van der Waals surface area (Å²) in [5.74, 6) is 1.80. The first-order chi connectivity index (χ1) is 9.22. The van der Waals surface area contributed by atoms with Crippen molar-refractivity contribution in [2.75, 3.05) is 12.4 Å². The summed E-state index contributed by atoms with van der Waals surface area (Å²) in [4.78, 5) is 4.47. The van der Waals surface area contributed by atoms with Gasteiger partial charge in [-0.2, -0.15) is 4.37 Å². The molecule has 0 fully saturated rings. The van der Waals surface area contributed by atoms with Gasteiger partial charge in [-0.05, 0) is 31.0 Å². The Kier molecular flexibility index (Phi) is 4.74. The van der Waals surface area contributed by atoms with E-state index in [0.29, 0.717) is 0 Å². The smallest absolute Gasteiger partial charge is 0.203 e. The molecule has 1 N–H and O–H groups in total. The number of rotatable bonds is 6. The lowest BCUT2D eigenvalue weighted by molar-refractivity contribution is 0.414. The Bertz CT molecular complexity index is 510. The van der Waals surface area contributed by atoms with Crippen LogP contribution in [0.4, 0.5) is 5.13 Å². The Hall–Kier alpha value is -1.62. The molecule has 2 aromatic rings. The van der Waals surface area contributed by atoms with E-state index in [1.54, 1.807) is 7.11 Å². The number of nitrogens with zero attached hydrogens (tertiary/aromatic N) is 2. The van der Waals surface area contributed by atoms with Crippen LogP contribution < -0.4 is 10.1 Å². The highest BCUT2D eigenvalue weighted by Crippen LogP contribution is 2.22. The van der Waals surface area contributed by atoms with E-state index in [-0.39, 0.29) is 6.04 Å². The number of ether oxygens (including phenoxy) is 1. The van der Waals surface area contributed by atoms with Crippen molar-refractivity contribution < 1.29 is 4.74 Å². The lowest BCUT2D eigenvalue weighted by Gasteiger charge is -2.13. The second-order valence-electron chi connectivity index (χ2n) is 4.40. The monoisotopic (exact) mass is 277 g/mol. The van der Waals surface area contributed by atoms with Crippen molar-refractivity contribution in [3.05, 3.63) is 35.7 Å². The number of nitrogens with one attached hydrogen (secondary N) is 1. The minimum absolute atomic E-state index is 0.202. The Balaban J connectivity index is 2.00. The van der Waals surface area contributed by atoms with Gasteiger partial charge in [-0.15, -0.1) is 0 Å². The molecule has 0 bridgehead atoms. The maximum atomic E-state index is 5.16. The number of hydrogen-bond acceptors (Lipinski definition) is 5. The van der Waals surface area contributed by atoms with Gasteiger partial charge in [0.2, 0.25) is 5.13 Å². The molecule has 4 nitrogen and oxygen atoms in total. The van der Waals surface area contributed by atoms with Crippen molar-refractivity contribution in [1.82, 2.24) is 9.36 Å². The van der Waals surface area contributed by atoms with Gasteiger partial charge in [-0.25, -0.2) is 4.98 Å². The molecule has 5 heteroatoms. The van der Waals surface area contributed by atoms with Crippen LogP contribution in [0.3, 0.4) is 0 Å². The number of aryl methyl sites for hydroxylation is 1. The molecule has 2 rings (SSSR count). The molecule has 1 atom stereocenters. The molecule has 0 aliphatic heterocycles. The van der Waals surface area contributed by atoms with Crippen molar-refractivity contribution >= 4 is 16.7 Å². The van der Waals surface area contributed by atoms with E-state index in [2.05, 4.69) is 40.7 Å². The van der Waals surface area contributed by atoms with E-state index in [1.165, 1.54) is 17.1 Å². The molecule has 0 spiro atoms. The second kappa shape index (κ2) is 6.52. The van der Waals surface area contributed by atoms with E-state index >= 15 is 0 Å². The topological polar surface area (TPSA) is 47.0 Å². The van der Waals surface area contributed by atoms with Crippen LogP contribution in [-0.2, 0) is 6.42 Å². The highest BCUT2D eigenvalue weighted by Gasteiger charge is 2.09. The first-order valence-corrected chi connectivity index (χ1v) is 7.23. The summed E-state index contributed by atoms with van der Waals surface area (Å²) < 4.78 is 9.48. The third-order valence-corrected chi connectivity index (χ3v) is 3.58. The van der Waals surface area contributed by atoms with Gasteiger partial charge in [0.05, 0.1) is 13.2 Å². The fourth-order valence-corrected chi connectivity index (χ4v) is 2.50. The molecule has 0 saturated heterocycles. The molecule has 0 radical (unpaired) electrons. The molecule has 19 heavy (non-hydrogen) atoms. The van der Waals surface area contributed by atoms with Crippen molar-refractivity contribution in [3.63, 3.8) is 0 Å². The molecule has 0 aliphatic rings. The van der Waals surface area contributed by atoms with Crippen molar-refractivity contribution in [2.24, 2.45) is 0 Å². The van der Waals surface area contributed by atoms with Gasteiger partial charge in [-0.1, -0.05) is 19.1 Å². The molecular formula is C14H19N3OS. The fraction of sp³-hybridized carbons (Fsp3) is 0.429. The van der Waals surface area contributed by atoms with Crippen LogP contribution in [0.5, 0.6) is 5.75 Å². The SMILES string of the molecule is CCCc1nsc(NC(C)c2ccc(OC)cc2)n1. The number of benzene rings is 1. The minimum atomic E-state index is 0.202. The molecule has 0 aliphatic carbocycles. The molecule has 1 aromatic heterocycles. The van der Waals surface area contributed by atoms with Gasteiger partial charge < -0.3 is 10.1 Å². The summed E-state index contributed by atoms with van der Waals surface area (Å²) in [7, 11) is 1.67. The highest BCUT2D eigenvalue weighted by atomic mass is 32.1. The number of hydrogen-bond donors (Lipinski definition) is 1. The van der Waals surface area contributed by atoms with Gasteiger partial charge in [0.25, 0.3) is 0 Å². The molecule has 1 unspecified atom stereocenters. The van der Waals surface area contributed by atoms with E-state index < -0.39 is 0 Å². The molecule has 1 heterocycles. The Morgan fingerprint density at radius 3 is 2.68 bits per heavy atom. The van der Waals surface area contributed by atoms with Gasteiger partial charge >= 0.3 is 0 Å². The zero-order valence-corrected chi connectivity index (χ0v) is 12.3. The summed E-state index contributed by atoms with van der Waals surface area (Å²) in [6, 6.07) is 8.26. The molecule has 102 valence electrons. The maximum absolute atomic E-state index is 5.16. The van der Waals surface area contributed by atoms with Crippen LogP contribution in [0, 0.1) is 0 Å². The normalized spacial score (nSPS) is 12.2. The van der Waals surface area contributed by atoms with E-state index in [0.717, 1.165) is 29.5 Å². The van der Waals surface area contributed by atoms with Crippen LogP contribution in [-0.4, -0.2) is 16.5 Å². The van der Waals surface area contributed by atoms with Crippen LogP contribution in [0.2, 0.25) is 0 Å². The molecular weight excluding hydrogens is 258 g/mol. The zero-order chi connectivity index (χ0) is 13.7. The van der Waals surface area contributed by atoms with Crippen LogP contribution >= 0.6 is 11.5 Å². The van der Waals surface area contributed by atoms with Gasteiger partial charge in [0.1, 0.15) is 11.6 Å². The van der Waals surface area contributed by atoms with Gasteiger partial charge in [0, 0.05) is 18.0 Å². The summed E-state index contributed by atoms with van der Waals surface area (Å²) in [6.07, 6.45) is 2.01. The lowest BCUT2D eigenvalue weighted by Crippen LogP contribution is -2.06. The standard InChI is InChI=1S/C14H19N3OS/c1-4-5-13-16-14(19-17-13)15-10(2)11-6-8-12(18-3)9-7-11/h6-10H,4-5H2,1-3H3,(H,15,16,17). The highest BCUT2D eigenvalue weighted by molar-refractivity contribution is 7.09. The van der Waals surface area contributed by atoms with Crippen LogP contribution in [0.25, 0.3) is 0 Å². The first-order valence-electron chi connectivity index (χ1n) is 6.46. The number of methoxy groups -OCH3 is 1. The van der Waals surface area contributed by atoms with Gasteiger partial charge in [0.15, 0.2) is 0 Å². The predicted octanol–water partition coefficient (Wildman–Crippen LogP) is 3.67. The summed E-state index contributed by atoms with van der Waals surface area (Å²) >= 11 is 1.42. The maximum Gasteiger partial charge on any atom is 0.203 e. The van der Waals surface area contributed by atoms with Crippen LogP contribution in [0.15, 0.2) is 24.3 Å². The molecule has 1 aromatic carbocycles. The summed E-state index contributed by atoms with van der Waals surface area (Å²) in [5, 5.41) is 4.26. The van der Waals surface area contributed by atoms with E-state index in [9.17, 15) is 0 Å². The third kappa shape index (κ3) is 3.67. The van der Waals surface area contributed by atoms with Crippen molar-refractivity contribution in [1.29, 1.82) is 0 Å². The summed E-state index contributed by atoms with van der Waals surface area (Å²) in [6.45, 7) is 4.25. The first kappa shape index (κ1) is 13.8. The predicted molar refractivity (Wildman–Crippen MR) is 78.9 cm³/mol. The van der Waals surface area contributed by atoms with Gasteiger partial charge in [-0.3, -0.25) is 0 Å². The molecule has 0 saturated carbocycles. The van der Waals surface area contributed by atoms with Crippen molar-refractivity contribution in [3.8, 4) is 5.75 Å². The van der Waals surface area contributed by atoms with E-state index in [4.69, 9.17) is 4.74 Å². The number of aromatic nitrogens is 2. The largest absolute Gasteiger partial charge is 0.497 e. The van der Waals surface area contributed by atoms with Crippen LogP contribution in [0.1, 0.15) is 37.7 Å². The Morgan fingerprint density at radius 1 is 1.32 bits per heavy atom. The van der Waals surface area contributed by atoms with Crippen molar-refractivity contribution in [2.45, 2.75) is 32.7 Å². The van der Waals surface area contributed by atoms with E-state index in [1.807, 2.05) is 12.1 Å². The Labute approximate surface area is 118 Å². The Morgan fingerprint density at radius 2 is 2.05 bits per heavy atom. The number of anilines is 1. The average Bonchev–Trinajstić information content (AvgIpc) is 2.86.